The van der Waals surface area contributed by atoms with E-state index in [4.69, 9.17) is 14.6 Å². The Balaban J connectivity index is 3.94. The second-order valence-corrected chi connectivity index (χ2v) is 2.98. The summed E-state index contributed by atoms with van der Waals surface area (Å²) in [5, 5.41) is 8.81. The van der Waals surface area contributed by atoms with Crippen LogP contribution in [0, 0.1) is 0 Å². The summed E-state index contributed by atoms with van der Waals surface area (Å²) in [4.78, 5) is 10.7. The molecule has 0 aromatic heterocycles. The van der Waals surface area contributed by atoms with E-state index >= 15 is 0 Å². The molecule has 0 radical (unpaired) electrons. The van der Waals surface area contributed by atoms with Crippen LogP contribution >= 0.6 is 0 Å². The average Bonchev–Trinajstić information content (AvgIpc) is 2.12. The van der Waals surface area contributed by atoms with Crippen LogP contribution in [0.25, 0.3) is 0 Å². The standard InChI is InChI=1S/C10H18O4/c1-4-6-7-9(10(11)12)14-8(3)13-5-2/h5,8-9H,2,4,6-7H2,1,3H3,(H,11,12). The fraction of sp³-hybridized carbons (Fsp3) is 0.700. The van der Waals surface area contributed by atoms with Crippen molar-refractivity contribution in [3.8, 4) is 0 Å². The van der Waals surface area contributed by atoms with Crippen LogP contribution < -0.4 is 0 Å². The number of unbranched alkanes of at least 4 members (excludes halogenated alkanes) is 1. The Morgan fingerprint density at radius 2 is 2.29 bits per heavy atom. The van der Waals surface area contributed by atoms with Crippen LogP contribution in [-0.4, -0.2) is 23.5 Å². The second kappa shape index (κ2) is 7.38. The van der Waals surface area contributed by atoms with Crippen LogP contribution in [0.15, 0.2) is 12.8 Å². The zero-order chi connectivity index (χ0) is 11.0. The highest BCUT2D eigenvalue weighted by Gasteiger charge is 2.20. The van der Waals surface area contributed by atoms with Crippen molar-refractivity contribution in [2.24, 2.45) is 0 Å². The Kier molecular flexibility index (Phi) is 6.84. The van der Waals surface area contributed by atoms with E-state index < -0.39 is 18.4 Å². The molecule has 0 saturated heterocycles. The third kappa shape index (κ3) is 5.59. The molecule has 0 aliphatic heterocycles. The minimum atomic E-state index is -0.946. The number of rotatable bonds is 8. The summed E-state index contributed by atoms with van der Waals surface area (Å²) >= 11 is 0. The van der Waals surface area contributed by atoms with Crippen molar-refractivity contribution in [2.75, 3.05) is 0 Å². The molecule has 0 amide bonds. The fourth-order valence-corrected chi connectivity index (χ4v) is 1.04. The van der Waals surface area contributed by atoms with Crippen molar-refractivity contribution in [1.82, 2.24) is 0 Å². The highest BCUT2D eigenvalue weighted by atomic mass is 16.7. The Hall–Kier alpha value is -1.03. The Morgan fingerprint density at radius 1 is 1.64 bits per heavy atom. The molecule has 0 aliphatic rings. The van der Waals surface area contributed by atoms with Crippen molar-refractivity contribution < 1.29 is 19.4 Å². The van der Waals surface area contributed by atoms with E-state index in [-0.39, 0.29) is 0 Å². The lowest BCUT2D eigenvalue weighted by Crippen LogP contribution is -2.28. The molecule has 0 heterocycles. The molecule has 4 heteroatoms. The number of carboxylic acids is 1. The van der Waals surface area contributed by atoms with Gasteiger partial charge < -0.3 is 14.6 Å². The summed E-state index contributed by atoms with van der Waals surface area (Å²) < 4.78 is 10.0. The summed E-state index contributed by atoms with van der Waals surface area (Å²) in [6.45, 7) is 7.01. The van der Waals surface area contributed by atoms with Gasteiger partial charge in [-0.25, -0.2) is 4.79 Å². The molecule has 2 atom stereocenters. The number of carbonyl (C=O) groups is 1. The molecular formula is C10H18O4. The van der Waals surface area contributed by atoms with Gasteiger partial charge in [0.1, 0.15) is 0 Å². The van der Waals surface area contributed by atoms with Crippen molar-refractivity contribution in [1.29, 1.82) is 0 Å². The van der Waals surface area contributed by atoms with Gasteiger partial charge in [0.2, 0.25) is 0 Å². The van der Waals surface area contributed by atoms with Gasteiger partial charge >= 0.3 is 5.97 Å². The molecule has 14 heavy (non-hydrogen) atoms. The van der Waals surface area contributed by atoms with Crippen molar-refractivity contribution in [3.05, 3.63) is 12.8 Å². The van der Waals surface area contributed by atoms with Crippen molar-refractivity contribution in [3.63, 3.8) is 0 Å². The van der Waals surface area contributed by atoms with Gasteiger partial charge in [0.05, 0.1) is 6.26 Å². The topological polar surface area (TPSA) is 55.8 Å². The summed E-state index contributed by atoms with van der Waals surface area (Å²) in [6.07, 6.45) is 2.18. The molecular weight excluding hydrogens is 184 g/mol. The van der Waals surface area contributed by atoms with Crippen LogP contribution in [0.5, 0.6) is 0 Å². The minimum Gasteiger partial charge on any atom is -0.479 e. The molecule has 4 nitrogen and oxygen atoms in total. The van der Waals surface area contributed by atoms with Gasteiger partial charge in [-0.05, 0) is 13.3 Å². The number of hydrogen-bond acceptors (Lipinski definition) is 3. The van der Waals surface area contributed by atoms with Crippen LogP contribution in [0.1, 0.15) is 33.1 Å². The lowest BCUT2D eigenvalue weighted by molar-refractivity contribution is -0.173. The first-order valence-electron chi connectivity index (χ1n) is 4.76. The zero-order valence-corrected chi connectivity index (χ0v) is 8.73. The van der Waals surface area contributed by atoms with Gasteiger partial charge in [-0.1, -0.05) is 26.3 Å². The van der Waals surface area contributed by atoms with E-state index in [1.165, 1.54) is 6.26 Å². The van der Waals surface area contributed by atoms with E-state index in [0.29, 0.717) is 6.42 Å². The maximum atomic E-state index is 10.7. The molecule has 82 valence electrons. The summed E-state index contributed by atoms with van der Waals surface area (Å²) in [5.74, 6) is -0.946. The molecule has 0 rings (SSSR count). The van der Waals surface area contributed by atoms with E-state index in [9.17, 15) is 4.79 Å². The fourth-order valence-electron chi connectivity index (χ4n) is 1.04. The maximum absolute atomic E-state index is 10.7. The second-order valence-electron chi connectivity index (χ2n) is 2.98. The summed E-state index contributed by atoms with van der Waals surface area (Å²) in [6, 6.07) is 0. The van der Waals surface area contributed by atoms with Gasteiger partial charge in [-0.2, -0.15) is 0 Å². The number of ether oxygens (including phenoxy) is 2. The van der Waals surface area contributed by atoms with E-state index in [2.05, 4.69) is 6.58 Å². The van der Waals surface area contributed by atoms with Crippen LogP contribution in [-0.2, 0) is 14.3 Å². The lowest BCUT2D eigenvalue weighted by Gasteiger charge is -2.18. The molecule has 2 unspecified atom stereocenters. The number of carboxylic acid groups (broad SMARTS) is 1. The molecule has 0 spiro atoms. The van der Waals surface area contributed by atoms with E-state index in [1.807, 2.05) is 6.92 Å². The smallest absolute Gasteiger partial charge is 0.332 e. The minimum absolute atomic E-state index is 0.511. The average molecular weight is 202 g/mol. The van der Waals surface area contributed by atoms with Gasteiger partial charge in [-0.15, -0.1) is 0 Å². The zero-order valence-electron chi connectivity index (χ0n) is 8.73. The number of hydrogen-bond donors (Lipinski definition) is 1. The normalized spacial score (nSPS) is 14.4. The lowest BCUT2D eigenvalue weighted by atomic mass is 10.1. The third-order valence-electron chi connectivity index (χ3n) is 1.74. The van der Waals surface area contributed by atoms with Crippen LogP contribution in [0.3, 0.4) is 0 Å². The predicted molar refractivity (Wildman–Crippen MR) is 52.8 cm³/mol. The highest BCUT2D eigenvalue weighted by Crippen LogP contribution is 2.08. The molecule has 0 bridgehead atoms. The van der Waals surface area contributed by atoms with Crippen molar-refractivity contribution >= 4 is 5.97 Å². The SMILES string of the molecule is C=COC(C)OC(CCCC)C(=O)O. The highest BCUT2D eigenvalue weighted by molar-refractivity contribution is 5.72. The first-order valence-corrected chi connectivity index (χ1v) is 4.76. The van der Waals surface area contributed by atoms with E-state index in [0.717, 1.165) is 12.8 Å². The van der Waals surface area contributed by atoms with Gasteiger partial charge in [0.25, 0.3) is 0 Å². The first kappa shape index (κ1) is 13.0. The molecule has 0 aromatic carbocycles. The Morgan fingerprint density at radius 3 is 2.71 bits per heavy atom. The predicted octanol–water partition coefficient (Wildman–Crippen LogP) is 2.15. The largest absolute Gasteiger partial charge is 0.479 e. The molecule has 0 aromatic rings. The molecule has 0 fully saturated rings. The quantitative estimate of drug-likeness (QED) is 0.484. The van der Waals surface area contributed by atoms with Crippen LogP contribution in [0.2, 0.25) is 0 Å². The monoisotopic (exact) mass is 202 g/mol. The Labute approximate surface area is 84.5 Å². The van der Waals surface area contributed by atoms with Crippen LogP contribution in [0.4, 0.5) is 0 Å². The first-order chi connectivity index (χ1) is 6.61. The third-order valence-corrected chi connectivity index (χ3v) is 1.74. The maximum Gasteiger partial charge on any atom is 0.332 e. The molecule has 1 N–H and O–H groups in total. The Bertz CT molecular complexity index is 179. The van der Waals surface area contributed by atoms with Gasteiger partial charge in [-0.3, -0.25) is 0 Å². The van der Waals surface area contributed by atoms with E-state index in [1.54, 1.807) is 6.92 Å². The van der Waals surface area contributed by atoms with Gasteiger partial charge in [0, 0.05) is 0 Å². The summed E-state index contributed by atoms with van der Waals surface area (Å²) in [7, 11) is 0. The molecule has 0 aliphatic carbocycles. The number of aliphatic carboxylic acids is 1. The summed E-state index contributed by atoms with van der Waals surface area (Å²) in [5.41, 5.74) is 0. The molecule has 0 saturated carbocycles. The van der Waals surface area contributed by atoms with Crippen molar-refractivity contribution in [2.45, 2.75) is 45.5 Å². The van der Waals surface area contributed by atoms with Gasteiger partial charge in [0.15, 0.2) is 12.4 Å².